The molecule has 4 aromatic rings. The molecule has 10 heteroatoms. The van der Waals surface area contributed by atoms with Crippen LogP contribution in [0.1, 0.15) is 30.3 Å². The normalized spacial score (nSPS) is 13.7. The minimum absolute atomic E-state index is 0.0272. The maximum atomic E-state index is 14.7. The van der Waals surface area contributed by atoms with Crippen molar-refractivity contribution in [1.82, 2.24) is 14.9 Å². The molecule has 33 heavy (non-hydrogen) atoms. The molecule has 4 N–H and O–H groups in total. The Kier molecular flexibility index (Phi) is 4.89. The number of aliphatic hydroxyl groups is 1. The van der Waals surface area contributed by atoms with Crippen molar-refractivity contribution in [3.8, 4) is 11.1 Å². The van der Waals surface area contributed by atoms with Gasteiger partial charge in [-0.2, -0.15) is 0 Å². The third kappa shape index (κ3) is 3.43. The van der Waals surface area contributed by atoms with Gasteiger partial charge in [-0.3, -0.25) is 9.59 Å². The molecule has 0 spiro atoms. The van der Waals surface area contributed by atoms with Crippen LogP contribution in [0.3, 0.4) is 0 Å². The number of aromatic nitrogens is 2. The topological polar surface area (TPSA) is 123 Å². The number of nitrogens with two attached hydrogens (primary N) is 1. The second kappa shape index (κ2) is 7.66. The highest BCUT2D eigenvalue weighted by Gasteiger charge is 2.30. The number of nitrogen functional groups attached to an aromatic ring is 1. The number of anilines is 1. The predicted molar refractivity (Wildman–Crippen MR) is 117 cm³/mol. The second-order valence-electron chi connectivity index (χ2n) is 8.11. The van der Waals surface area contributed by atoms with Gasteiger partial charge in [0.05, 0.1) is 17.7 Å². The predicted octanol–water partition coefficient (Wildman–Crippen LogP) is 2.92. The lowest BCUT2D eigenvalue weighted by atomic mass is 9.96. The van der Waals surface area contributed by atoms with Crippen molar-refractivity contribution >= 4 is 33.6 Å². The Hall–Kier alpha value is -3.79. The fraction of sp³-hybridized carbons (Fsp3) is 0.261. The van der Waals surface area contributed by atoms with Crippen molar-refractivity contribution in [3.05, 3.63) is 57.7 Å². The summed E-state index contributed by atoms with van der Waals surface area (Å²) in [7, 11) is 0. The highest BCUT2D eigenvalue weighted by atomic mass is 19.1. The Morgan fingerprint density at radius 1 is 1.27 bits per heavy atom. The number of benzene rings is 2. The summed E-state index contributed by atoms with van der Waals surface area (Å²) < 4.78 is 36.2. The van der Waals surface area contributed by atoms with E-state index < -0.39 is 24.1 Å². The third-order valence-corrected chi connectivity index (χ3v) is 5.88. The zero-order valence-corrected chi connectivity index (χ0v) is 17.6. The lowest BCUT2D eigenvalue weighted by Crippen LogP contribution is -2.25. The van der Waals surface area contributed by atoms with Crippen LogP contribution in [0.2, 0.25) is 0 Å². The number of pyridine rings is 1. The number of amides is 1. The summed E-state index contributed by atoms with van der Waals surface area (Å²) in [5, 5.41) is 11.9. The SMILES string of the molecule is Cc1c(-c2cc(F)c(N)cc2F)ccc2c3oc(CNC(=O)CO)nc3c(=O)n(C3CC3)c12. The Morgan fingerprint density at radius 3 is 2.73 bits per heavy atom. The van der Waals surface area contributed by atoms with E-state index in [0.29, 0.717) is 22.0 Å². The van der Waals surface area contributed by atoms with Gasteiger partial charge in [0, 0.05) is 23.1 Å². The van der Waals surface area contributed by atoms with Crippen LogP contribution in [-0.4, -0.2) is 27.2 Å². The van der Waals surface area contributed by atoms with Gasteiger partial charge in [0.25, 0.3) is 5.56 Å². The minimum Gasteiger partial charge on any atom is -0.438 e. The minimum atomic E-state index is -0.731. The number of fused-ring (bicyclic) bond motifs is 3. The number of rotatable bonds is 5. The fourth-order valence-corrected chi connectivity index (χ4v) is 4.15. The van der Waals surface area contributed by atoms with E-state index in [1.165, 1.54) is 0 Å². The number of hydrogen-bond acceptors (Lipinski definition) is 6. The van der Waals surface area contributed by atoms with Gasteiger partial charge in [-0.1, -0.05) is 6.07 Å². The molecule has 0 aliphatic heterocycles. The fourth-order valence-electron chi connectivity index (χ4n) is 4.15. The summed E-state index contributed by atoms with van der Waals surface area (Å²) in [4.78, 5) is 29.0. The molecule has 2 heterocycles. The van der Waals surface area contributed by atoms with E-state index in [-0.39, 0.29) is 46.4 Å². The number of aliphatic hydroxyl groups excluding tert-OH is 1. The van der Waals surface area contributed by atoms with Crippen molar-refractivity contribution in [2.75, 3.05) is 12.3 Å². The van der Waals surface area contributed by atoms with Gasteiger partial charge in [0.1, 0.15) is 18.2 Å². The monoisotopic (exact) mass is 454 g/mol. The van der Waals surface area contributed by atoms with E-state index in [4.69, 9.17) is 15.3 Å². The summed E-state index contributed by atoms with van der Waals surface area (Å²) in [5.41, 5.74) is 6.85. The number of aryl methyl sites for hydroxylation is 1. The van der Waals surface area contributed by atoms with Crippen LogP contribution in [0.5, 0.6) is 0 Å². The van der Waals surface area contributed by atoms with E-state index in [2.05, 4.69) is 10.3 Å². The van der Waals surface area contributed by atoms with Crippen LogP contribution in [0.15, 0.2) is 33.5 Å². The number of oxazole rings is 1. The second-order valence-corrected chi connectivity index (χ2v) is 8.11. The van der Waals surface area contributed by atoms with Crippen molar-refractivity contribution in [2.24, 2.45) is 0 Å². The number of nitrogens with one attached hydrogen (secondary N) is 1. The summed E-state index contributed by atoms with van der Waals surface area (Å²) in [5.74, 6) is -1.88. The molecular formula is C23H20F2N4O4. The van der Waals surface area contributed by atoms with Gasteiger partial charge < -0.3 is 25.1 Å². The highest BCUT2D eigenvalue weighted by Crippen LogP contribution is 2.41. The molecule has 1 aliphatic rings. The van der Waals surface area contributed by atoms with E-state index >= 15 is 0 Å². The first-order chi connectivity index (χ1) is 15.8. The third-order valence-electron chi connectivity index (χ3n) is 5.88. The molecule has 1 aliphatic carbocycles. The van der Waals surface area contributed by atoms with Gasteiger partial charge in [0.2, 0.25) is 11.8 Å². The lowest BCUT2D eigenvalue weighted by Gasteiger charge is -2.16. The smallest absolute Gasteiger partial charge is 0.281 e. The van der Waals surface area contributed by atoms with Gasteiger partial charge in [0.15, 0.2) is 11.1 Å². The van der Waals surface area contributed by atoms with Crippen molar-refractivity contribution in [2.45, 2.75) is 32.4 Å². The number of hydrogen-bond donors (Lipinski definition) is 3. The van der Waals surface area contributed by atoms with Gasteiger partial charge in [-0.25, -0.2) is 13.8 Å². The van der Waals surface area contributed by atoms with Gasteiger partial charge >= 0.3 is 0 Å². The van der Waals surface area contributed by atoms with Crippen LogP contribution in [0.4, 0.5) is 14.5 Å². The molecule has 2 aromatic heterocycles. The highest BCUT2D eigenvalue weighted by molar-refractivity contribution is 6.04. The quantitative estimate of drug-likeness (QED) is 0.399. The maximum Gasteiger partial charge on any atom is 0.281 e. The number of halogens is 2. The number of carbonyl (C=O) groups is 1. The van der Waals surface area contributed by atoms with Crippen LogP contribution in [0.25, 0.3) is 33.1 Å². The van der Waals surface area contributed by atoms with Gasteiger partial charge in [-0.05, 0) is 43.0 Å². The Labute approximate surface area is 185 Å². The van der Waals surface area contributed by atoms with Crippen LogP contribution in [-0.2, 0) is 11.3 Å². The van der Waals surface area contributed by atoms with E-state index in [9.17, 15) is 18.4 Å². The van der Waals surface area contributed by atoms with Crippen LogP contribution < -0.4 is 16.6 Å². The standard InChI is InChI=1S/C23H20F2N4O4/c1-10-12(14-6-16(25)17(26)7-15(14)24)4-5-13-21(10)29(11-2-3-11)23(32)20-22(13)33-19(28-20)8-27-18(31)9-30/h4-7,11,30H,2-3,8-9,26H2,1H3,(H,27,31). The average molecular weight is 454 g/mol. The zero-order valence-electron chi connectivity index (χ0n) is 17.6. The molecule has 0 saturated heterocycles. The molecule has 1 amide bonds. The molecule has 0 bridgehead atoms. The molecule has 0 atom stereocenters. The molecule has 2 aromatic carbocycles. The van der Waals surface area contributed by atoms with Crippen LogP contribution in [0, 0.1) is 18.6 Å². The number of nitrogens with zero attached hydrogens (tertiary/aromatic N) is 2. The largest absolute Gasteiger partial charge is 0.438 e. The van der Waals surface area contributed by atoms with Crippen molar-refractivity contribution in [1.29, 1.82) is 0 Å². The first-order valence-corrected chi connectivity index (χ1v) is 10.4. The average Bonchev–Trinajstić information content (AvgIpc) is 3.53. The number of carbonyl (C=O) groups excluding carboxylic acids is 1. The molecule has 0 radical (unpaired) electrons. The molecule has 8 nitrogen and oxygen atoms in total. The maximum absolute atomic E-state index is 14.7. The first-order valence-electron chi connectivity index (χ1n) is 10.4. The lowest BCUT2D eigenvalue weighted by molar-refractivity contribution is -0.124. The summed E-state index contributed by atoms with van der Waals surface area (Å²) in [6.45, 7) is 0.974. The zero-order chi connectivity index (χ0) is 23.4. The molecular weight excluding hydrogens is 434 g/mol. The Morgan fingerprint density at radius 2 is 2.03 bits per heavy atom. The summed E-state index contributed by atoms with van der Waals surface area (Å²) in [6, 6.07) is 5.29. The van der Waals surface area contributed by atoms with Crippen molar-refractivity contribution < 1.29 is 23.1 Å². The van der Waals surface area contributed by atoms with E-state index in [0.717, 1.165) is 25.0 Å². The van der Waals surface area contributed by atoms with Crippen molar-refractivity contribution in [3.63, 3.8) is 0 Å². The molecule has 5 rings (SSSR count). The molecule has 170 valence electrons. The molecule has 0 unspecified atom stereocenters. The first kappa shape index (κ1) is 21.1. The molecule has 1 saturated carbocycles. The molecule has 1 fully saturated rings. The van der Waals surface area contributed by atoms with E-state index in [1.807, 2.05) is 0 Å². The Bertz CT molecular complexity index is 1500. The van der Waals surface area contributed by atoms with E-state index in [1.54, 1.807) is 23.6 Å². The Balaban J connectivity index is 1.76. The summed E-state index contributed by atoms with van der Waals surface area (Å²) >= 11 is 0. The summed E-state index contributed by atoms with van der Waals surface area (Å²) in [6.07, 6.45) is 1.62. The van der Waals surface area contributed by atoms with Gasteiger partial charge in [-0.15, -0.1) is 0 Å². The van der Waals surface area contributed by atoms with Crippen LogP contribution >= 0.6 is 0 Å².